The molecule has 1 amide bonds. The summed E-state index contributed by atoms with van der Waals surface area (Å²) in [6, 6.07) is 5.47. The highest BCUT2D eigenvalue weighted by molar-refractivity contribution is 7.89. The van der Waals surface area contributed by atoms with Crippen LogP contribution in [0.3, 0.4) is 0 Å². The van der Waals surface area contributed by atoms with Gasteiger partial charge in [-0.25, -0.2) is 13.6 Å². The molecule has 0 bridgehead atoms. The van der Waals surface area contributed by atoms with Gasteiger partial charge in [-0.05, 0) is 31.2 Å². The predicted molar refractivity (Wildman–Crippen MR) is 90.1 cm³/mol. The number of halogens is 3. The molecule has 0 spiro atoms. The highest BCUT2D eigenvalue weighted by atomic mass is 32.2. The third-order valence-corrected chi connectivity index (χ3v) is 5.16. The Morgan fingerprint density at radius 2 is 1.73 bits per heavy atom. The largest absolute Gasteiger partial charge is 0.405 e. The van der Waals surface area contributed by atoms with Crippen LogP contribution in [0.1, 0.15) is 6.92 Å². The van der Waals surface area contributed by atoms with Crippen LogP contribution in [0.4, 0.5) is 18.9 Å². The van der Waals surface area contributed by atoms with Gasteiger partial charge in [-0.15, -0.1) is 0 Å². The number of sulfonamides is 1. The highest BCUT2D eigenvalue weighted by Gasteiger charge is 2.31. The van der Waals surface area contributed by atoms with Crippen LogP contribution in [0.2, 0.25) is 0 Å². The maximum Gasteiger partial charge on any atom is 0.405 e. The second kappa shape index (κ2) is 7.80. The summed E-state index contributed by atoms with van der Waals surface area (Å²) in [6.45, 7) is 2.35. The van der Waals surface area contributed by atoms with Gasteiger partial charge in [-0.3, -0.25) is 9.69 Å². The van der Waals surface area contributed by atoms with E-state index in [0.29, 0.717) is 26.2 Å². The van der Waals surface area contributed by atoms with Gasteiger partial charge in [0.1, 0.15) is 6.54 Å². The van der Waals surface area contributed by atoms with Crippen LogP contribution >= 0.6 is 0 Å². The van der Waals surface area contributed by atoms with Crippen LogP contribution in [0.5, 0.6) is 0 Å². The number of primary sulfonamides is 1. The molecule has 3 N–H and O–H groups in total. The van der Waals surface area contributed by atoms with Crippen molar-refractivity contribution in [3.63, 3.8) is 0 Å². The number of hydrogen-bond acceptors (Lipinski definition) is 5. The number of nitrogens with one attached hydrogen (secondary N) is 1. The third-order valence-electron chi connectivity index (χ3n) is 4.23. The third kappa shape index (κ3) is 5.58. The molecule has 1 aliphatic heterocycles. The van der Waals surface area contributed by atoms with Gasteiger partial charge >= 0.3 is 6.18 Å². The molecule has 1 aliphatic rings. The van der Waals surface area contributed by atoms with Crippen molar-refractivity contribution in [1.29, 1.82) is 0 Å². The lowest BCUT2D eigenvalue weighted by Gasteiger charge is -2.38. The standard InChI is InChI=1S/C15H21F3N4O3S/c1-11(14(23)20-10-15(16,17)18)21-6-8-22(9-7-21)12-2-4-13(5-3-12)26(19,24)25/h2-5,11H,6-10H2,1H3,(H,20,23)(H2,19,24,25). The molecule has 0 radical (unpaired) electrons. The van der Waals surface area contributed by atoms with Gasteiger partial charge in [-0.2, -0.15) is 13.2 Å². The number of hydrogen-bond donors (Lipinski definition) is 2. The van der Waals surface area contributed by atoms with E-state index in [2.05, 4.69) is 0 Å². The van der Waals surface area contributed by atoms with Gasteiger partial charge < -0.3 is 10.2 Å². The lowest BCUT2D eigenvalue weighted by Crippen LogP contribution is -2.54. The fourth-order valence-electron chi connectivity index (χ4n) is 2.71. The van der Waals surface area contributed by atoms with Gasteiger partial charge in [0, 0.05) is 31.9 Å². The van der Waals surface area contributed by atoms with Crippen LogP contribution in [0.25, 0.3) is 0 Å². The quantitative estimate of drug-likeness (QED) is 0.759. The summed E-state index contributed by atoms with van der Waals surface area (Å²) in [5.74, 6) is -0.659. The number of rotatable bonds is 5. The fraction of sp³-hybridized carbons (Fsp3) is 0.533. The fourth-order valence-corrected chi connectivity index (χ4v) is 3.23. The van der Waals surface area contributed by atoms with Crippen LogP contribution < -0.4 is 15.4 Å². The Hall–Kier alpha value is -1.85. The van der Waals surface area contributed by atoms with E-state index < -0.39 is 34.7 Å². The number of nitrogens with zero attached hydrogens (tertiary/aromatic N) is 2. The van der Waals surface area contributed by atoms with Gasteiger partial charge in [0.2, 0.25) is 15.9 Å². The van der Waals surface area contributed by atoms with Crippen LogP contribution in [-0.2, 0) is 14.8 Å². The Morgan fingerprint density at radius 3 is 2.19 bits per heavy atom. The molecule has 1 saturated heterocycles. The number of anilines is 1. The average Bonchev–Trinajstić information content (AvgIpc) is 2.58. The molecule has 26 heavy (non-hydrogen) atoms. The normalized spacial score (nSPS) is 17.8. The minimum atomic E-state index is -4.43. The molecule has 2 rings (SSSR count). The molecule has 0 saturated carbocycles. The number of nitrogens with two attached hydrogens (primary N) is 1. The number of piperazine rings is 1. The molecule has 1 atom stereocenters. The predicted octanol–water partition coefficient (Wildman–Crippen LogP) is 0.523. The van der Waals surface area contributed by atoms with Gasteiger partial charge in [-0.1, -0.05) is 0 Å². The number of benzene rings is 1. The average molecular weight is 394 g/mol. The Labute approximate surface area is 150 Å². The Balaban J connectivity index is 1.89. The Kier molecular flexibility index (Phi) is 6.14. The first-order valence-electron chi connectivity index (χ1n) is 7.94. The SMILES string of the molecule is CC(C(=O)NCC(F)(F)F)N1CCN(c2ccc(S(N)(=O)=O)cc2)CC1. The number of carbonyl (C=O) groups excluding carboxylic acids is 1. The molecule has 1 fully saturated rings. The molecule has 11 heteroatoms. The topological polar surface area (TPSA) is 95.7 Å². The summed E-state index contributed by atoms with van der Waals surface area (Å²) in [4.78, 5) is 15.7. The molecule has 1 aromatic rings. The first-order chi connectivity index (χ1) is 12.0. The number of amides is 1. The zero-order valence-electron chi connectivity index (χ0n) is 14.2. The van der Waals surface area contributed by atoms with Crippen molar-refractivity contribution in [3.8, 4) is 0 Å². The molecule has 0 aromatic heterocycles. The summed E-state index contributed by atoms with van der Waals surface area (Å²) in [7, 11) is -3.75. The zero-order chi connectivity index (χ0) is 19.5. The summed E-state index contributed by atoms with van der Waals surface area (Å²) in [5.41, 5.74) is 0.811. The zero-order valence-corrected chi connectivity index (χ0v) is 15.0. The molecule has 1 aromatic carbocycles. The number of carbonyl (C=O) groups is 1. The molecular formula is C15H21F3N4O3S. The van der Waals surface area contributed by atoms with Crippen LogP contribution in [0.15, 0.2) is 29.2 Å². The molecule has 0 aliphatic carbocycles. The smallest absolute Gasteiger partial charge is 0.369 e. The highest BCUT2D eigenvalue weighted by Crippen LogP contribution is 2.20. The summed E-state index contributed by atoms with van der Waals surface area (Å²) in [5, 5.41) is 6.96. The van der Waals surface area contributed by atoms with Gasteiger partial charge in [0.15, 0.2) is 0 Å². The molecule has 1 unspecified atom stereocenters. The minimum absolute atomic E-state index is 0.0230. The van der Waals surface area contributed by atoms with Gasteiger partial charge in [0.25, 0.3) is 0 Å². The van der Waals surface area contributed by atoms with E-state index in [4.69, 9.17) is 5.14 Å². The summed E-state index contributed by atoms with van der Waals surface area (Å²) < 4.78 is 59.1. The van der Waals surface area contributed by atoms with Crippen molar-refractivity contribution in [3.05, 3.63) is 24.3 Å². The maximum absolute atomic E-state index is 12.2. The first-order valence-corrected chi connectivity index (χ1v) is 9.48. The van der Waals surface area contributed by atoms with E-state index in [-0.39, 0.29) is 4.90 Å². The van der Waals surface area contributed by atoms with E-state index in [1.54, 1.807) is 24.0 Å². The van der Waals surface area contributed by atoms with Crippen molar-refractivity contribution in [2.45, 2.75) is 24.0 Å². The van der Waals surface area contributed by atoms with Crippen molar-refractivity contribution in [1.82, 2.24) is 10.2 Å². The maximum atomic E-state index is 12.2. The van der Waals surface area contributed by atoms with Crippen molar-refractivity contribution in [2.75, 3.05) is 37.6 Å². The lowest BCUT2D eigenvalue weighted by atomic mass is 10.2. The van der Waals surface area contributed by atoms with E-state index in [0.717, 1.165) is 5.69 Å². The summed E-state index contributed by atoms with van der Waals surface area (Å²) >= 11 is 0. The van der Waals surface area contributed by atoms with Gasteiger partial charge in [0.05, 0.1) is 10.9 Å². The molecule has 1 heterocycles. The summed E-state index contributed by atoms with van der Waals surface area (Å²) in [6.07, 6.45) is -4.43. The van der Waals surface area contributed by atoms with E-state index in [9.17, 15) is 26.4 Å². The molecule has 146 valence electrons. The minimum Gasteiger partial charge on any atom is -0.369 e. The van der Waals surface area contributed by atoms with E-state index in [1.165, 1.54) is 12.1 Å². The monoisotopic (exact) mass is 394 g/mol. The van der Waals surface area contributed by atoms with Crippen LogP contribution in [-0.4, -0.2) is 64.2 Å². The van der Waals surface area contributed by atoms with Crippen LogP contribution in [0, 0.1) is 0 Å². The molecule has 7 nitrogen and oxygen atoms in total. The second-order valence-corrected chi connectivity index (χ2v) is 7.63. The van der Waals surface area contributed by atoms with E-state index in [1.807, 2.05) is 10.2 Å². The van der Waals surface area contributed by atoms with E-state index >= 15 is 0 Å². The van der Waals surface area contributed by atoms with Crippen molar-refractivity contribution in [2.24, 2.45) is 5.14 Å². The Morgan fingerprint density at radius 1 is 1.19 bits per heavy atom. The first kappa shape index (κ1) is 20.5. The Bertz CT molecular complexity index is 729. The second-order valence-electron chi connectivity index (χ2n) is 6.07. The molecular weight excluding hydrogens is 373 g/mol. The lowest BCUT2D eigenvalue weighted by molar-refractivity contribution is -0.141. The van der Waals surface area contributed by atoms with Crippen molar-refractivity contribution < 1.29 is 26.4 Å². The number of alkyl halides is 3. The van der Waals surface area contributed by atoms with Crippen molar-refractivity contribution >= 4 is 21.6 Å².